The van der Waals surface area contributed by atoms with Crippen LogP contribution >= 0.6 is 0 Å². The zero-order chi connectivity index (χ0) is 84.1. The van der Waals surface area contributed by atoms with E-state index in [9.17, 15) is 19.2 Å². The first-order valence-corrected chi connectivity index (χ1v) is 43.3. The van der Waals surface area contributed by atoms with Crippen LogP contribution < -0.4 is 84.4 Å². The Labute approximate surface area is 711 Å². The molecule has 16 N–H and O–H groups in total. The summed E-state index contributed by atoms with van der Waals surface area (Å²) in [6.45, 7) is 10.9. The predicted octanol–water partition coefficient (Wildman–Crippen LogP) is 10.1. The lowest BCUT2D eigenvalue weighted by atomic mass is 9.88. The molecular weight excluding hydrogens is 1510 g/mol. The summed E-state index contributed by atoms with van der Waals surface area (Å²) in [6.07, 6.45) is 10.9. The maximum Gasteiger partial charge on any atom is 0.257 e. The lowest BCUT2D eigenvalue weighted by Gasteiger charge is -2.25. The summed E-state index contributed by atoms with van der Waals surface area (Å²) < 4.78 is 55.1. The highest BCUT2D eigenvalue weighted by Crippen LogP contribution is 2.42. The van der Waals surface area contributed by atoms with Crippen molar-refractivity contribution in [2.75, 3.05) is 131 Å². The third kappa shape index (κ3) is 36.0. The van der Waals surface area contributed by atoms with Crippen LogP contribution in [0, 0.1) is 0 Å². The van der Waals surface area contributed by atoms with E-state index in [1.165, 1.54) is 0 Å². The number of fused-ring (bicyclic) bond motifs is 8. The molecule has 9 rings (SSSR count). The summed E-state index contributed by atoms with van der Waals surface area (Å²) in [5, 5.41) is 26.4. The Morgan fingerprint density at radius 3 is 0.608 bits per heavy atom. The summed E-state index contributed by atoms with van der Waals surface area (Å²) in [6, 6.07) is 56.6. The first-order valence-electron chi connectivity index (χ1n) is 43.3. The molecular formula is C96H132N12O12. The first-order chi connectivity index (χ1) is 59.0. The molecule has 1 aliphatic rings. The van der Waals surface area contributed by atoms with Crippen molar-refractivity contribution in [3.8, 4) is 23.0 Å². The number of ether oxygens (including phenoxy) is 8. The van der Waals surface area contributed by atoms with Gasteiger partial charge in [-0.3, -0.25) is 19.2 Å². The quantitative estimate of drug-likeness (QED) is 0.0158. The maximum atomic E-state index is 14.5. The number of carbonyl (C=O) groups excluding carboxylic acids is 4. The van der Waals surface area contributed by atoms with Crippen LogP contribution in [0.4, 0.5) is 0 Å². The molecule has 8 aromatic rings. The Morgan fingerprint density at radius 1 is 0.233 bits per heavy atom. The maximum absolute atomic E-state index is 14.5. The Morgan fingerprint density at radius 2 is 0.417 bits per heavy atom. The number of unbranched alkanes of at least 4 members (excludes halogenated alkanes) is 4. The Bertz CT molecular complexity index is 3630. The molecule has 24 nitrogen and oxygen atoms in total. The molecule has 0 aromatic heterocycles. The van der Waals surface area contributed by atoms with E-state index in [0.717, 1.165) is 122 Å². The van der Waals surface area contributed by atoms with Gasteiger partial charge >= 0.3 is 0 Å². The molecule has 8 aromatic carbocycles. The van der Waals surface area contributed by atoms with Crippen LogP contribution in [0.15, 0.2) is 170 Å². The summed E-state index contributed by atoms with van der Waals surface area (Å²) in [7, 11) is 0. The third-order valence-corrected chi connectivity index (χ3v) is 20.3. The van der Waals surface area contributed by atoms with Crippen LogP contribution in [0.25, 0.3) is 0 Å². The number of amides is 4. The van der Waals surface area contributed by atoms with Crippen molar-refractivity contribution in [3.05, 3.63) is 259 Å². The average Bonchev–Trinajstić information content (AvgIpc) is 0.772. The molecule has 1 aliphatic carbocycles. The van der Waals surface area contributed by atoms with Gasteiger partial charge in [0.05, 0.1) is 52.9 Å². The monoisotopic (exact) mass is 1650 g/mol. The first kappa shape index (κ1) is 94.2. The van der Waals surface area contributed by atoms with Gasteiger partial charge in [0.2, 0.25) is 0 Å². The number of hydrogen-bond acceptors (Lipinski definition) is 20. The fourth-order valence-corrected chi connectivity index (χ4v) is 14.3. The van der Waals surface area contributed by atoms with Crippen molar-refractivity contribution in [3.63, 3.8) is 0 Å². The molecule has 0 atom stereocenters. The van der Waals surface area contributed by atoms with Crippen LogP contribution in [0.2, 0.25) is 0 Å². The molecule has 24 heteroatoms. The minimum atomic E-state index is -0.343. The average molecular weight is 1650 g/mol. The van der Waals surface area contributed by atoms with Crippen molar-refractivity contribution < 1.29 is 57.1 Å². The number of hydrogen-bond donors (Lipinski definition) is 12. The van der Waals surface area contributed by atoms with E-state index in [2.05, 4.69) is 91.1 Å². The van der Waals surface area contributed by atoms with E-state index in [1.54, 1.807) is 0 Å². The standard InChI is InChI=1S/C96H132N12O12/c97-33-13-17-37-101-41-21-45-105-89(109)69-117-93-81-49-77(65-113-61-73-25-5-1-6-26-73)50-82(93)58-84-52-79(67-115-63-75-29-9-3-10-30-75)54-86(95(84)119-71-91(111)107-47-23-43-103-39-19-15-35-99)60-88-56-80(68-116-64-76-31-11-4-12-32-76)55-87(96(88)120-72-92(112)108-48-24-44-104-40-20-16-36-100)59-85-53-78(66-114-62-74-27-7-2-8-28-74)51-83(57-81)94(85)118-70-90(110)106-46-22-42-102-38-18-14-34-98/h1-12,25-32,49-56,101-104H,13-24,33-48,57-72,97-100H2,(H,105,109)(H,106,110)(H,107,111)(H,108,112). The third-order valence-electron chi connectivity index (χ3n) is 20.3. The molecule has 4 amide bonds. The minimum absolute atomic E-state index is 0.134. The lowest BCUT2D eigenvalue weighted by molar-refractivity contribution is -0.123. The van der Waals surface area contributed by atoms with Gasteiger partial charge in [0.15, 0.2) is 26.4 Å². The normalized spacial score (nSPS) is 11.8. The number of nitrogens with one attached hydrogen (secondary N) is 8. The predicted molar refractivity (Wildman–Crippen MR) is 474 cm³/mol. The molecule has 0 heterocycles. The molecule has 0 unspecified atom stereocenters. The summed E-state index contributed by atoms with van der Waals surface area (Å²) in [5.41, 5.74) is 35.8. The highest BCUT2D eigenvalue weighted by Gasteiger charge is 2.27. The van der Waals surface area contributed by atoms with Crippen LogP contribution in [-0.4, -0.2) is 155 Å². The van der Waals surface area contributed by atoms with Crippen molar-refractivity contribution in [1.82, 2.24) is 42.5 Å². The molecule has 8 bridgehead atoms. The molecule has 0 saturated heterocycles. The Hall–Kier alpha value is -9.64. The number of nitrogens with two attached hydrogens (primary N) is 4. The topological polar surface area (TPSA) is 342 Å². The second kappa shape index (κ2) is 56.8. The molecule has 0 radical (unpaired) electrons. The number of carbonyl (C=O) groups is 4. The SMILES string of the molecule is NCCCCNCCCNC(=O)COc1c2cc(COCc3ccccc3)cc1Cc1cc(COCc3ccccc3)cc(c1OCC(=O)NCCCNCCCCN)Cc1cc(COCc3ccccc3)cc(c1OCC(=O)NCCCNCCCCN)Cc1cc(COCc3ccccc3)cc(c1OCC(=O)NCCCNCCCCN)C2. The zero-order valence-corrected chi connectivity index (χ0v) is 70.5. The minimum Gasteiger partial charge on any atom is -0.483 e. The summed E-state index contributed by atoms with van der Waals surface area (Å²) in [4.78, 5) is 57.8. The van der Waals surface area contributed by atoms with E-state index in [1.807, 2.05) is 121 Å². The molecule has 0 spiro atoms. The molecule has 0 aliphatic heterocycles. The van der Waals surface area contributed by atoms with Crippen LogP contribution in [0.5, 0.6) is 23.0 Å². The van der Waals surface area contributed by atoms with Crippen LogP contribution in [0.3, 0.4) is 0 Å². The molecule has 0 fully saturated rings. The Balaban J connectivity index is 1.26. The van der Waals surface area contributed by atoms with Gasteiger partial charge in [0.25, 0.3) is 23.6 Å². The van der Waals surface area contributed by atoms with Gasteiger partial charge in [0, 0.05) is 51.9 Å². The smallest absolute Gasteiger partial charge is 0.257 e. The highest BCUT2D eigenvalue weighted by molar-refractivity contribution is 5.79. The van der Waals surface area contributed by atoms with Crippen molar-refractivity contribution in [1.29, 1.82) is 0 Å². The molecule has 120 heavy (non-hydrogen) atoms. The molecule has 0 saturated carbocycles. The lowest BCUT2D eigenvalue weighted by Crippen LogP contribution is -2.32. The fraction of sp³-hybridized carbons (Fsp3) is 0.458. The van der Waals surface area contributed by atoms with E-state index in [-0.39, 0.29) is 102 Å². The van der Waals surface area contributed by atoms with Gasteiger partial charge in [0.1, 0.15) is 23.0 Å². The largest absolute Gasteiger partial charge is 0.483 e. The highest BCUT2D eigenvalue weighted by atomic mass is 16.5. The fourth-order valence-electron chi connectivity index (χ4n) is 14.3. The van der Waals surface area contributed by atoms with Gasteiger partial charge in [-0.15, -0.1) is 0 Å². The van der Waals surface area contributed by atoms with E-state index in [0.29, 0.717) is 198 Å². The van der Waals surface area contributed by atoms with Gasteiger partial charge in [-0.25, -0.2) is 0 Å². The second-order valence-electron chi connectivity index (χ2n) is 30.5. The number of benzene rings is 8. The summed E-state index contributed by atoms with van der Waals surface area (Å²) >= 11 is 0. The van der Waals surface area contributed by atoms with E-state index < -0.39 is 0 Å². The van der Waals surface area contributed by atoms with Crippen molar-refractivity contribution in [2.45, 2.75) is 156 Å². The zero-order valence-electron chi connectivity index (χ0n) is 70.5. The van der Waals surface area contributed by atoms with Crippen LogP contribution in [0.1, 0.15) is 166 Å². The molecule has 648 valence electrons. The van der Waals surface area contributed by atoms with Crippen molar-refractivity contribution in [2.24, 2.45) is 22.9 Å². The van der Waals surface area contributed by atoms with Gasteiger partial charge < -0.3 is 103 Å². The summed E-state index contributed by atoms with van der Waals surface area (Å²) in [5.74, 6) is 0.479. The second-order valence-corrected chi connectivity index (χ2v) is 30.5. The van der Waals surface area contributed by atoms with Crippen molar-refractivity contribution >= 4 is 23.6 Å². The van der Waals surface area contributed by atoms with Gasteiger partial charge in [-0.2, -0.15) is 0 Å². The van der Waals surface area contributed by atoms with Crippen LogP contribution in [-0.2, 0) is 117 Å². The van der Waals surface area contributed by atoms with E-state index >= 15 is 0 Å². The number of rotatable bonds is 60. The van der Waals surface area contributed by atoms with Gasteiger partial charge in [-0.1, -0.05) is 121 Å². The van der Waals surface area contributed by atoms with E-state index in [4.69, 9.17) is 60.8 Å². The Kier molecular flexibility index (Phi) is 44.6. The van der Waals surface area contributed by atoms with Gasteiger partial charge in [-0.05, 0) is 293 Å².